The number of nitrogens with one attached hydrogen (secondary N) is 2. The van der Waals surface area contributed by atoms with Crippen molar-refractivity contribution in [3.8, 4) is 0 Å². The van der Waals surface area contributed by atoms with E-state index in [9.17, 15) is 4.79 Å². The Morgan fingerprint density at radius 3 is 2.67 bits per heavy atom. The largest absolute Gasteiger partial charge is 0.371 e. The standard InChI is InChI=1S/C19H26ClN3O2.2ClH/c20-14-6-4-13(5-7-14)18-11-23-10-15(9-16(23)12-25-18)22-19(24)17-3-1-2-8-21-17;;/h4-7,15-18,21H,1-3,8-12H2,(H,22,24);2*1H/t15-,16+,17+,18-;;/m1../s1. The maximum Gasteiger partial charge on any atom is 0.237 e. The van der Waals surface area contributed by atoms with Gasteiger partial charge in [0.05, 0.1) is 18.8 Å². The van der Waals surface area contributed by atoms with Crippen LogP contribution in [0.15, 0.2) is 24.3 Å². The summed E-state index contributed by atoms with van der Waals surface area (Å²) < 4.78 is 6.08. The predicted octanol–water partition coefficient (Wildman–Crippen LogP) is 2.96. The van der Waals surface area contributed by atoms with Crippen molar-refractivity contribution in [3.63, 3.8) is 0 Å². The van der Waals surface area contributed by atoms with Crippen LogP contribution in [0.25, 0.3) is 0 Å². The fourth-order valence-electron chi connectivity index (χ4n) is 4.24. The molecule has 3 heterocycles. The summed E-state index contributed by atoms with van der Waals surface area (Å²) in [5, 5.41) is 7.33. The summed E-state index contributed by atoms with van der Waals surface area (Å²) in [6.45, 7) is 3.46. The number of carbonyl (C=O) groups is 1. The SMILES string of the molecule is Cl.Cl.O=C(N[C@@H]1C[C@H]2CO[C@@H](c3ccc(Cl)cc3)CN2C1)[C@@H]1CCCCN1. The molecule has 4 rings (SSSR count). The molecule has 0 unspecified atom stereocenters. The molecule has 1 amide bonds. The Morgan fingerprint density at radius 2 is 1.96 bits per heavy atom. The Morgan fingerprint density at radius 1 is 1.19 bits per heavy atom. The van der Waals surface area contributed by atoms with Crippen molar-refractivity contribution in [3.05, 3.63) is 34.9 Å². The minimum Gasteiger partial charge on any atom is -0.371 e. The lowest BCUT2D eigenvalue weighted by atomic mass is 10.0. The Hall–Kier alpha value is -0.560. The van der Waals surface area contributed by atoms with Crippen LogP contribution in [-0.2, 0) is 9.53 Å². The quantitative estimate of drug-likeness (QED) is 0.765. The summed E-state index contributed by atoms with van der Waals surface area (Å²) in [6.07, 6.45) is 4.33. The molecule has 0 spiro atoms. The minimum absolute atomic E-state index is 0. The predicted molar refractivity (Wildman–Crippen MR) is 112 cm³/mol. The molecule has 3 fully saturated rings. The van der Waals surface area contributed by atoms with Crippen LogP contribution in [0.3, 0.4) is 0 Å². The zero-order valence-electron chi connectivity index (χ0n) is 15.2. The number of nitrogens with zero attached hydrogens (tertiary/aromatic N) is 1. The van der Waals surface area contributed by atoms with E-state index >= 15 is 0 Å². The number of halogens is 3. The number of hydrogen-bond donors (Lipinski definition) is 2. The van der Waals surface area contributed by atoms with Gasteiger partial charge in [-0.2, -0.15) is 0 Å². The van der Waals surface area contributed by atoms with Crippen LogP contribution >= 0.6 is 36.4 Å². The van der Waals surface area contributed by atoms with Crippen molar-refractivity contribution < 1.29 is 9.53 Å². The van der Waals surface area contributed by atoms with Crippen molar-refractivity contribution in [1.82, 2.24) is 15.5 Å². The van der Waals surface area contributed by atoms with Gasteiger partial charge in [-0.1, -0.05) is 30.2 Å². The summed E-state index contributed by atoms with van der Waals surface area (Å²) in [5.74, 6) is 0.166. The zero-order chi connectivity index (χ0) is 17.2. The monoisotopic (exact) mass is 435 g/mol. The molecule has 3 aliphatic heterocycles. The molecule has 27 heavy (non-hydrogen) atoms. The van der Waals surface area contributed by atoms with Gasteiger partial charge in [0.15, 0.2) is 0 Å². The number of amides is 1. The molecule has 0 radical (unpaired) electrons. The van der Waals surface area contributed by atoms with Crippen molar-refractivity contribution >= 4 is 42.3 Å². The summed E-state index contributed by atoms with van der Waals surface area (Å²) in [6, 6.07) is 8.54. The number of morpholine rings is 1. The van der Waals surface area contributed by atoms with Crippen LogP contribution in [0.4, 0.5) is 0 Å². The molecule has 2 N–H and O–H groups in total. The molecular weight excluding hydrogens is 409 g/mol. The molecule has 1 aromatic rings. The molecule has 1 aromatic carbocycles. The number of fused-ring (bicyclic) bond motifs is 1. The number of ether oxygens (including phenoxy) is 1. The minimum atomic E-state index is -0.00977. The highest BCUT2D eigenvalue weighted by Gasteiger charge is 2.38. The smallest absolute Gasteiger partial charge is 0.237 e. The fraction of sp³-hybridized carbons (Fsp3) is 0.632. The van der Waals surface area contributed by atoms with E-state index in [4.69, 9.17) is 16.3 Å². The second-order valence-corrected chi connectivity index (χ2v) is 7.86. The van der Waals surface area contributed by atoms with E-state index in [0.717, 1.165) is 50.5 Å². The van der Waals surface area contributed by atoms with Gasteiger partial charge in [0, 0.05) is 30.2 Å². The van der Waals surface area contributed by atoms with Gasteiger partial charge in [-0.05, 0) is 43.5 Å². The van der Waals surface area contributed by atoms with Crippen molar-refractivity contribution in [2.24, 2.45) is 0 Å². The van der Waals surface area contributed by atoms with Gasteiger partial charge in [0.25, 0.3) is 0 Å². The molecule has 152 valence electrons. The maximum absolute atomic E-state index is 12.4. The van der Waals surface area contributed by atoms with Crippen molar-refractivity contribution in [2.45, 2.75) is 49.9 Å². The highest BCUT2D eigenvalue weighted by molar-refractivity contribution is 6.30. The topological polar surface area (TPSA) is 53.6 Å². The molecule has 8 heteroatoms. The van der Waals surface area contributed by atoms with Gasteiger partial charge >= 0.3 is 0 Å². The van der Waals surface area contributed by atoms with Crippen molar-refractivity contribution in [1.29, 1.82) is 0 Å². The Kier molecular flexibility index (Phi) is 8.66. The molecule has 0 aromatic heterocycles. The molecular formula is C19H28Cl3N3O2. The number of carbonyl (C=O) groups excluding carboxylic acids is 1. The molecule has 0 bridgehead atoms. The van der Waals surface area contributed by atoms with Crippen LogP contribution in [0.2, 0.25) is 5.02 Å². The van der Waals surface area contributed by atoms with E-state index in [1.165, 1.54) is 12.0 Å². The van der Waals surface area contributed by atoms with Crippen LogP contribution < -0.4 is 10.6 Å². The Balaban J connectivity index is 0.00000131. The third-order valence-electron chi connectivity index (χ3n) is 5.63. The highest BCUT2D eigenvalue weighted by atomic mass is 35.5. The first-order valence-corrected chi connectivity index (χ1v) is 9.72. The summed E-state index contributed by atoms with van der Waals surface area (Å²) in [4.78, 5) is 14.9. The van der Waals surface area contributed by atoms with Crippen LogP contribution in [0.5, 0.6) is 0 Å². The summed E-state index contributed by atoms with van der Waals surface area (Å²) >= 11 is 5.97. The van der Waals surface area contributed by atoms with Crippen LogP contribution in [0.1, 0.15) is 37.4 Å². The lowest BCUT2D eigenvalue weighted by molar-refractivity contribution is -0.124. The third kappa shape index (κ3) is 5.49. The number of piperidine rings is 1. The van der Waals surface area contributed by atoms with E-state index in [2.05, 4.69) is 15.5 Å². The second-order valence-electron chi connectivity index (χ2n) is 7.42. The lowest BCUT2D eigenvalue weighted by Gasteiger charge is -2.35. The van der Waals surface area contributed by atoms with Gasteiger partial charge in [-0.3, -0.25) is 9.69 Å². The van der Waals surface area contributed by atoms with Gasteiger partial charge < -0.3 is 15.4 Å². The van der Waals surface area contributed by atoms with Crippen molar-refractivity contribution in [2.75, 3.05) is 26.2 Å². The number of benzene rings is 1. The molecule has 3 saturated heterocycles. The third-order valence-corrected chi connectivity index (χ3v) is 5.88. The van der Waals surface area contributed by atoms with Gasteiger partial charge in [0.1, 0.15) is 0 Å². The molecule has 0 saturated carbocycles. The van der Waals surface area contributed by atoms with Gasteiger partial charge in [0.2, 0.25) is 5.91 Å². The van der Waals surface area contributed by atoms with Crippen LogP contribution in [-0.4, -0.2) is 55.2 Å². The summed E-state index contributed by atoms with van der Waals surface area (Å²) in [7, 11) is 0. The molecule has 4 atom stereocenters. The number of hydrogen-bond acceptors (Lipinski definition) is 4. The van der Waals surface area contributed by atoms with E-state index in [-0.39, 0.29) is 48.9 Å². The average molecular weight is 437 g/mol. The Bertz CT molecular complexity index is 611. The van der Waals surface area contributed by atoms with E-state index in [1.54, 1.807) is 0 Å². The first kappa shape index (κ1) is 22.7. The highest BCUT2D eigenvalue weighted by Crippen LogP contribution is 2.30. The average Bonchev–Trinajstić information content (AvgIpc) is 3.04. The molecule has 5 nitrogen and oxygen atoms in total. The van der Waals surface area contributed by atoms with Crippen LogP contribution in [0, 0.1) is 0 Å². The van der Waals surface area contributed by atoms with Gasteiger partial charge in [-0.25, -0.2) is 0 Å². The Labute approximate surface area is 178 Å². The first-order valence-electron chi connectivity index (χ1n) is 9.34. The van der Waals surface area contributed by atoms with E-state index < -0.39 is 0 Å². The first-order chi connectivity index (χ1) is 12.2. The van der Waals surface area contributed by atoms with Gasteiger partial charge in [-0.15, -0.1) is 24.8 Å². The number of rotatable bonds is 3. The normalized spacial score (nSPS) is 30.6. The fourth-order valence-corrected chi connectivity index (χ4v) is 4.36. The molecule has 0 aliphatic carbocycles. The zero-order valence-corrected chi connectivity index (χ0v) is 17.6. The second kappa shape index (κ2) is 10.3. The summed E-state index contributed by atoms with van der Waals surface area (Å²) in [5.41, 5.74) is 1.17. The maximum atomic E-state index is 12.4. The molecule has 3 aliphatic rings. The van der Waals surface area contributed by atoms with E-state index in [0.29, 0.717) is 6.04 Å². The van der Waals surface area contributed by atoms with E-state index in [1.807, 2.05) is 24.3 Å². The lowest BCUT2D eigenvalue weighted by Crippen LogP contribution is -2.50.